The van der Waals surface area contributed by atoms with Crippen LogP contribution in [-0.4, -0.2) is 13.7 Å². The SMILES string of the molecule is COc1cccc(CN)c1OCC1CCCC1. The zero-order chi connectivity index (χ0) is 12.1. The van der Waals surface area contributed by atoms with E-state index in [4.69, 9.17) is 15.2 Å². The van der Waals surface area contributed by atoms with E-state index in [2.05, 4.69) is 0 Å². The lowest BCUT2D eigenvalue weighted by atomic mass is 10.1. The van der Waals surface area contributed by atoms with Gasteiger partial charge in [0.2, 0.25) is 0 Å². The molecule has 94 valence electrons. The van der Waals surface area contributed by atoms with Crippen LogP contribution in [0.5, 0.6) is 11.5 Å². The van der Waals surface area contributed by atoms with E-state index in [-0.39, 0.29) is 0 Å². The summed E-state index contributed by atoms with van der Waals surface area (Å²) in [7, 11) is 1.66. The molecule has 0 heterocycles. The van der Waals surface area contributed by atoms with Gasteiger partial charge in [0.1, 0.15) is 0 Å². The van der Waals surface area contributed by atoms with Crippen LogP contribution in [0.1, 0.15) is 31.2 Å². The lowest BCUT2D eigenvalue weighted by Gasteiger charge is -2.16. The number of benzene rings is 1. The summed E-state index contributed by atoms with van der Waals surface area (Å²) < 4.78 is 11.3. The highest BCUT2D eigenvalue weighted by Gasteiger charge is 2.17. The van der Waals surface area contributed by atoms with Gasteiger partial charge in [-0.05, 0) is 24.8 Å². The first-order valence-corrected chi connectivity index (χ1v) is 6.34. The standard InChI is InChI=1S/C14H21NO2/c1-16-13-8-4-7-12(9-15)14(13)17-10-11-5-2-3-6-11/h4,7-8,11H,2-3,5-6,9-10,15H2,1H3. The molecule has 3 nitrogen and oxygen atoms in total. The zero-order valence-corrected chi connectivity index (χ0v) is 10.4. The minimum absolute atomic E-state index is 0.483. The minimum atomic E-state index is 0.483. The third kappa shape index (κ3) is 2.91. The van der Waals surface area contributed by atoms with E-state index in [0.29, 0.717) is 12.5 Å². The fourth-order valence-electron chi connectivity index (χ4n) is 2.42. The molecule has 0 aromatic heterocycles. The first-order chi connectivity index (χ1) is 8.35. The summed E-state index contributed by atoms with van der Waals surface area (Å²) in [4.78, 5) is 0. The number of hydrogen-bond donors (Lipinski definition) is 1. The van der Waals surface area contributed by atoms with Crippen molar-refractivity contribution in [2.45, 2.75) is 32.2 Å². The van der Waals surface area contributed by atoms with Crippen molar-refractivity contribution in [3.63, 3.8) is 0 Å². The molecule has 0 bridgehead atoms. The smallest absolute Gasteiger partial charge is 0.165 e. The number of rotatable bonds is 5. The van der Waals surface area contributed by atoms with Crippen molar-refractivity contribution in [1.29, 1.82) is 0 Å². The summed E-state index contributed by atoms with van der Waals surface area (Å²) in [6.45, 7) is 1.27. The van der Waals surface area contributed by atoms with Crippen LogP contribution in [0.25, 0.3) is 0 Å². The van der Waals surface area contributed by atoms with Crippen molar-refractivity contribution in [3.05, 3.63) is 23.8 Å². The highest BCUT2D eigenvalue weighted by molar-refractivity contribution is 5.46. The predicted octanol–water partition coefficient (Wildman–Crippen LogP) is 2.72. The zero-order valence-electron chi connectivity index (χ0n) is 10.4. The second kappa shape index (κ2) is 5.92. The van der Waals surface area contributed by atoms with Gasteiger partial charge >= 0.3 is 0 Å². The van der Waals surface area contributed by atoms with Crippen molar-refractivity contribution < 1.29 is 9.47 Å². The number of methoxy groups -OCH3 is 1. The summed E-state index contributed by atoms with van der Waals surface area (Å²) in [5.41, 5.74) is 6.74. The molecule has 1 aliphatic rings. The number of hydrogen-bond acceptors (Lipinski definition) is 3. The van der Waals surface area contributed by atoms with Crippen LogP contribution in [-0.2, 0) is 6.54 Å². The monoisotopic (exact) mass is 235 g/mol. The molecule has 1 aliphatic carbocycles. The van der Waals surface area contributed by atoms with E-state index < -0.39 is 0 Å². The maximum atomic E-state index is 5.93. The molecule has 0 spiro atoms. The van der Waals surface area contributed by atoms with Gasteiger partial charge in [-0.15, -0.1) is 0 Å². The Hall–Kier alpha value is -1.22. The molecule has 1 fully saturated rings. The van der Waals surface area contributed by atoms with E-state index in [1.165, 1.54) is 25.7 Å². The van der Waals surface area contributed by atoms with Gasteiger partial charge in [-0.2, -0.15) is 0 Å². The van der Waals surface area contributed by atoms with Gasteiger partial charge in [0.15, 0.2) is 11.5 Å². The maximum absolute atomic E-state index is 5.93. The maximum Gasteiger partial charge on any atom is 0.165 e. The van der Waals surface area contributed by atoms with E-state index in [9.17, 15) is 0 Å². The van der Waals surface area contributed by atoms with Crippen LogP contribution in [0.2, 0.25) is 0 Å². The van der Waals surface area contributed by atoms with Gasteiger partial charge in [-0.25, -0.2) is 0 Å². The Labute approximate surface area is 103 Å². The molecule has 2 N–H and O–H groups in total. The predicted molar refractivity (Wildman–Crippen MR) is 68.3 cm³/mol. The Morgan fingerprint density at radius 1 is 1.29 bits per heavy atom. The summed E-state index contributed by atoms with van der Waals surface area (Å²) in [6, 6.07) is 5.86. The molecular formula is C14H21NO2. The van der Waals surface area contributed by atoms with Gasteiger partial charge in [0.05, 0.1) is 13.7 Å². The fraction of sp³-hybridized carbons (Fsp3) is 0.571. The topological polar surface area (TPSA) is 44.5 Å². The molecule has 1 aromatic carbocycles. The summed E-state index contributed by atoms with van der Waals surface area (Å²) in [5.74, 6) is 2.31. The molecular weight excluding hydrogens is 214 g/mol. The fourth-order valence-corrected chi connectivity index (χ4v) is 2.42. The molecule has 0 atom stereocenters. The molecule has 17 heavy (non-hydrogen) atoms. The normalized spacial score (nSPS) is 16.1. The molecule has 0 aliphatic heterocycles. The van der Waals surface area contributed by atoms with E-state index in [1.54, 1.807) is 7.11 Å². The Bertz CT molecular complexity index is 337. The van der Waals surface area contributed by atoms with Gasteiger partial charge in [-0.1, -0.05) is 25.0 Å². The lowest BCUT2D eigenvalue weighted by Crippen LogP contribution is -2.11. The van der Waals surface area contributed by atoms with Gasteiger partial charge in [0.25, 0.3) is 0 Å². The third-order valence-corrected chi connectivity index (χ3v) is 3.44. The van der Waals surface area contributed by atoms with Crippen molar-refractivity contribution in [3.8, 4) is 11.5 Å². The number of para-hydroxylation sites is 1. The summed E-state index contributed by atoms with van der Waals surface area (Å²) >= 11 is 0. The molecule has 0 unspecified atom stereocenters. The molecule has 0 radical (unpaired) electrons. The van der Waals surface area contributed by atoms with Gasteiger partial charge in [-0.3, -0.25) is 0 Å². The number of ether oxygens (including phenoxy) is 2. The van der Waals surface area contributed by atoms with Crippen LogP contribution < -0.4 is 15.2 Å². The first kappa shape index (κ1) is 12.2. The largest absolute Gasteiger partial charge is 0.493 e. The Morgan fingerprint density at radius 3 is 2.71 bits per heavy atom. The third-order valence-electron chi connectivity index (χ3n) is 3.44. The van der Waals surface area contributed by atoms with E-state index in [0.717, 1.165) is 23.7 Å². The number of nitrogens with two attached hydrogens (primary N) is 1. The summed E-state index contributed by atoms with van der Waals surface area (Å²) in [6.07, 6.45) is 5.24. The highest BCUT2D eigenvalue weighted by atomic mass is 16.5. The molecule has 2 rings (SSSR count). The van der Waals surface area contributed by atoms with E-state index in [1.807, 2.05) is 18.2 Å². The molecule has 0 amide bonds. The van der Waals surface area contributed by atoms with E-state index >= 15 is 0 Å². The average Bonchev–Trinajstić information content (AvgIpc) is 2.88. The Kier molecular flexibility index (Phi) is 4.26. The van der Waals surface area contributed by atoms with Crippen LogP contribution in [0.4, 0.5) is 0 Å². The van der Waals surface area contributed by atoms with Crippen molar-refractivity contribution >= 4 is 0 Å². The van der Waals surface area contributed by atoms with Crippen LogP contribution in [0, 0.1) is 5.92 Å². The summed E-state index contributed by atoms with van der Waals surface area (Å²) in [5, 5.41) is 0. The van der Waals surface area contributed by atoms with Crippen LogP contribution in [0.15, 0.2) is 18.2 Å². The molecule has 1 aromatic rings. The van der Waals surface area contributed by atoms with Gasteiger partial charge < -0.3 is 15.2 Å². The van der Waals surface area contributed by atoms with Crippen molar-refractivity contribution in [1.82, 2.24) is 0 Å². The Balaban J connectivity index is 2.06. The van der Waals surface area contributed by atoms with Crippen LogP contribution in [0.3, 0.4) is 0 Å². The quantitative estimate of drug-likeness (QED) is 0.853. The highest BCUT2D eigenvalue weighted by Crippen LogP contribution is 2.33. The van der Waals surface area contributed by atoms with Crippen molar-refractivity contribution in [2.75, 3.05) is 13.7 Å². The van der Waals surface area contributed by atoms with Crippen LogP contribution >= 0.6 is 0 Å². The molecule has 1 saturated carbocycles. The average molecular weight is 235 g/mol. The minimum Gasteiger partial charge on any atom is -0.493 e. The molecule has 3 heteroatoms. The van der Waals surface area contributed by atoms with Gasteiger partial charge in [0, 0.05) is 12.1 Å². The second-order valence-corrected chi connectivity index (χ2v) is 4.61. The van der Waals surface area contributed by atoms with Crippen molar-refractivity contribution in [2.24, 2.45) is 11.7 Å². The lowest BCUT2D eigenvalue weighted by molar-refractivity contribution is 0.238. The first-order valence-electron chi connectivity index (χ1n) is 6.34. The second-order valence-electron chi connectivity index (χ2n) is 4.61. The Morgan fingerprint density at radius 2 is 2.06 bits per heavy atom. The molecule has 0 saturated heterocycles.